The summed E-state index contributed by atoms with van der Waals surface area (Å²) in [5.41, 5.74) is 4.42. The molecular weight excluding hydrogens is 531 g/mol. The van der Waals surface area contributed by atoms with E-state index in [-0.39, 0.29) is 23.9 Å². The molecule has 0 bridgehead atoms. The number of nitrogens with zero attached hydrogens (tertiary/aromatic N) is 4. The van der Waals surface area contributed by atoms with E-state index >= 15 is 0 Å². The third kappa shape index (κ3) is 5.89. The molecular formula is C24H29N6O8P. The largest absolute Gasteiger partial charge is 0.465 e. The Morgan fingerprint density at radius 1 is 1.33 bits per heavy atom. The van der Waals surface area contributed by atoms with E-state index in [0.717, 1.165) is 0 Å². The Morgan fingerprint density at radius 3 is 2.77 bits per heavy atom. The smallest absolute Gasteiger partial charge is 0.459 e. The van der Waals surface area contributed by atoms with Crippen molar-refractivity contribution in [2.75, 3.05) is 18.9 Å². The number of ether oxygens (including phenoxy) is 2. The van der Waals surface area contributed by atoms with Crippen molar-refractivity contribution in [3.63, 3.8) is 0 Å². The number of nitrogens with one attached hydrogen (secondary N) is 1. The number of nitriles is 1. The Hall–Kier alpha value is -3.57. The standard InChI is InChI=1S/C24H29N6O8P/c1-3-11-35-23(33)15(2)29-39(34,38-16-7-5-4-6-8-16)36-13-24(12-25)21(32)19(31)20(37-24)17-9-10-18-22(26)27-14-28-30(17)18/h4-10,14-15,19-21,31-32H,3,11,13H2,1-2H3,(H,29,34)(H2,26,27,28)/t15-,19-,20-,21-,24+,39+/m0/s1. The average Bonchev–Trinajstić information content (AvgIpc) is 3.47. The Bertz CT molecular complexity index is 1400. The van der Waals surface area contributed by atoms with Crippen LogP contribution in [0.1, 0.15) is 32.1 Å². The van der Waals surface area contributed by atoms with Gasteiger partial charge in [0.25, 0.3) is 0 Å². The quantitative estimate of drug-likeness (QED) is 0.194. The highest BCUT2D eigenvalue weighted by atomic mass is 31.2. The minimum atomic E-state index is -4.38. The molecule has 1 fully saturated rings. The van der Waals surface area contributed by atoms with E-state index in [1.165, 1.54) is 29.9 Å². The summed E-state index contributed by atoms with van der Waals surface area (Å²) in [5.74, 6) is -0.367. The lowest BCUT2D eigenvalue weighted by Crippen LogP contribution is -2.46. The van der Waals surface area contributed by atoms with Gasteiger partial charge in [-0.25, -0.2) is 14.1 Å². The molecule has 14 nitrogen and oxygen atoms in total. The number of esters is 1. The molecule has 0 aliphatic carbocycles. The van der Waals surface area contributed by atoms with E-state index in [0.29, 0.717) is 11.9 Å². The zero-order valence-corrected chi connectivity index (χ0v) is 22.1. The topological polar surface area (TPSA) is 204 Å². The number of aliphatic hydroxyl groups excluding tert-OH is 2. The highest BCUT2D eigenvalue weighted by Crippen LogP contribution is 2.48. The molecule has 5 N–H and O–H groups in total. The molecule has 1 aliphatic heterocycles. The normalized spacial score (nSPS) is 25.1. The summed E-state index contributed by atoms with van der Waals surface area (Å²) in [6, 6.07) is 11.9. The van der Waals surface area contributed by atoms with Gasteiger partial charge >= 0.3 is 13.7 Å². The molecule has 1 aromatic carbocycles. The molecule has 0 unspecified atom stereocenters. The Labute approximate surface area is 223 Å². The number of carbonyl (C=O) groups is 1. The average molecular weight is 561 g/mol. The van der Waals surface area contributed by atoms with Crippen molar-refractivity contribution in [1.82, 2.24) is 19.7 Å². The summed E-state index contributed by atoms with van der Waals surface area (Å²) in [7, 11) is -4.38. The fourth-order valence-electron chi connectivity index (χ4n) is 3.98. The van der Waals surface area contributed by atoms with E-state index in [1.54, 1.807) is 30.3 Å². The lowest BCUT2D eigenvalue weighted by molar-refractivity contribution is -0.145. The van der Waals surface area contributed by atoms with Crippen LogP contribution < -0.4 is 15.3 Å². The van der Waals surface area contributed by atoms with E-state index in [4.69, 9.17) is 24.3 Å². The van der Waals surface area contributed by atoms with Crippen LogP contribution in [0.25, 0.3) is 5.52 Å². The maximum atomic E-state index is 13.8. The summed E-state index contributed by atoms with van der Waals surface area (Å²) in [6.45, 7) is 2.60. The Balaban J connectivity index is 1.58. The van der Waals surface area contributed by atoms with Crippen molar-refractivity contribution in [1.29, 1.82) is 5.26 Å². The molecule has 208 valence electrons. The van der Waals surface area contributed by atoms with Crippen molar-refractivity contribution < 1.29 is 38.1 Å². The van der Waals surface area contributed by atoms with Crippen LogP contribution in [0.2, 0.25) is 0 Å². The monoisotopic (exact) mass is 560 g/mol. The molecule has 2 aromatic heterocycles. The number of carbonyl (C=O) groups excluding carboxylic acids is 1. The van der Waals surface area contributed by atoms with Crippen LogP contribution in [-0.2, 0) is 23.4 Å². The lowest BCUT2D eigenvalue weighted by atomic mass is 9.96. The third-order valence-corrected chi connectivity index (χ3v) is 7.64. The SMILES string of the molecule is CCCOC(=O)[C@H](C)N[P@@](=O)(OC[C@@]1(C#N)O[C@@H](c2ccc3c(N)ncnn23)[C@H](O)[C@@H]1O)Oc1ccccc1. The van der Waals surface area contributed by atoms with Gasteiger partial charge in [0.15, 0.2) is 5.82 Å². The number of nitrogens with two attached hydrogens (primary N) is 1. The van der Waals surface area contributed by atoms with Gasteiger partial charge in [-0.15, -0.1) is 0 Å². The summed E-state index contributed by atoms with van der Waals surface area (Å²) in [5, 5.41) is 38.4. The highest BCUT2D eigenvalue weighted by molar-refractivity contribution is 7.52. The first-order valence-electron chi connectivity index (χ1n) is 12.1. The van der Waals surface area contributed by atoms with Crippen LogP contribution in [-0.4, -0.2) is 67.8 Å². The Kier molecular flexibility index (Phi) is 8.51. The number of benzene rings is 1. The van der Waals surface area contributed by atoms with Gasteiger partial charge in [0.2, 0.25) is 5.60 Å². The molecule has 15 heteroatoms. The molecule has 0 saturated carbocycles. The molecule has 39 heavy (non-hydrogen) atoms. The minimum absolute atomic E-state index is 0.149. The number of para-hydroxylation sites is 1. The Morgan fingerprint density at radius 2 is 2.08 bits per heavy atom. The molecule has 6 atom stereocenters. The van der Waals surface area contributed by atoms with Crippen LogP contribution in [0.15, 0.2) is 48.8 Å². The zero-order valence-electron chi connectivity index (χ0n) is 21.2. The zero-order chi connectivity index (χ0) is 28.2. The van der Waals surface area contributed by atoms with Gasteiger partial charge in [-0.3, -0.25) is 9.32 Å². The summed E-state index contributed by atoms with van der Waals surface area (Å²) in [4.78, 5) is 16.2. The molecule has 1 aliphatic rings. The van der Waals surface area contributed by atoms with Crippen LogP contribution in [0.3, 0.4) is 0 Å². The van der Waals surface area contributed by atoms with Crippen molar-refractivity contribution in [2.45, 2.75) is 50.2 Å². The number of nitrogen functional groups attached to an aromatic ring is 1. The number of aromatic nitrogens is 3. The van der Waals surface area contributed by atoms with E-state index in [9.17, 15) is 24.8 Å². The fraction of sp³-hybridized carbons (Fsp3) is 0.417. The second kappa shape index (κ2) is 11.7. The van der Waals surface area contributed by atoms with Crippen molar-refractivity contribution in [3.05, 3.63) is 54.5 Å². The van der Waals surface area contributed by atoms with E-state index < -0.39 is 50.3 Å². The summed E-state index contributed by atoms with van der Waals surface area (Å²) in [6.07, 6.45) is -2.81. The van der Waals surface area contributed by atoms with Crippen LogP contribution >= 0.6 is 7.75 Å². The van der Waals surface area contributed by atoms with Gasteiger partial charge in [-0.05, 0) is 37.6 Å². The first-order valence-corrected chi connectivity index (χ1v) is 13.6. The van der Waals surface area contributed by atoms with Gasteiger partial charge < -0.3 is 29.9 Å². The van der Waals surface area contributed by atoms with Gasteiger partial charge in [-0.1, -0.05) is 25.1 Å². The second-order valence-corrected chi connectivity index (χ2v) is 10.6. The number of aliphatic hydroxyl groups is 2. The molecule has 3 heterocycles. The van der Waals surface area contributed by atoms with Gasteiger partial charge in [0, 0.05) is 0 Å². The number of hydrogen-bond acceptors (Lipinski definition) is 12. The fourth-order valence-corrected chi connectivity index (χ4v) is 5.50. The molecule has 0 amide bonds. The van der Waals surface area contributed by atoms with Crippen molar-refractivity contribution in [3.8, 4) is 11.8 Å². The van der Waals surface area contributed by atoms with E-state index in [1.807, 2.05) is 13.0 Å². The number of anilines is 1. The maximum absolute atomic E-state index is 13.8. The minimum Gasteiger partial charge on any atom is -0.465 e. The number of hydrogen-bond donors (Lipinski definition) is 4. The van der Waals surface area contributed by atoms with Crippen LogP contribution in [0.4, 0.5) is 5.82 Å². The van der Waals surface area contributed by atoms with Crippen molar-refractivity contribution in [2.24, 2.45) is 0 Å². The van der Waals surface area contributed by atoms with Gasteiger partial charge in [0.1, 0.15) is 54.6 Å². The second-order valence-electron chi connectivity index (χ2n) is 8.87. The maximum Gasteiger partial charge on any atom is 0.459 e. The molecule has 0 radical (unpaired) electrons. The van der Waals surface area contributed by atoms with Crippen LogP contribution in [0, 0.1) is 11.3 Å². The number of fused-ring (bicyclic) bond motifs is 1. The highest BCUT2D eigenvalue weighted by Gasteiger charge is 2.57. The molecule has 3 aromatic rings. The lowest BCUT2D eigenvalue weighted by Gasteiger charge is -2.28. The summed E-state index contributed by atoms with van der Waals surface area (Å²) >= 11 is 0. The molecule has 4 rings (SSSR count). The van der Waals surface area contributed by atoms with Gasteiger partial charge in [-0.2, -0.15) is 15.4 Å². The number of rotatable bonds is 11. The first kappa shape index (κ1) is 28.4. The van der Waals surface area contributed by atoms with Crippen LogP contribution in [0.5, 0.6) is 5.75 Å². The summed E-state index contributed by atoms with van der Waals surface area (Å²) < 4.78 is 37.3. The third-order valence-electron chi connectivity index (χ3n) is 6.01. The van der Waals surface area contributed by atoms with Gasteiger partial charge in [0.05, 0.1) is 12.3 Å². The predicted molar refractivity (Wildman–Crippen MR) is 136 cm³/mol. The molecule has 1 saturated heterocycles. The first-order chi connectivity index (χ1) is 18.6. The van der Waals surface area contributed by atoms with E-state index in [2.05, 4.69) is 15.2 Å². The van der Waals surface area contributed by atoms with Crippen molar-refractivity contribution >= 4 is 25.1 Å². The predicted octanol–water partition coefficient (Wildman–Crippen LogP) is 1.50. The molecule has 0 spiro atoms.